The molecule has 0 amide bonds. The largest absolute Gasteiger partial charge is 0.148 e. The van der Waals surface area contributed by atoms with Crippen LogP contribution in [0.2, 0.25) is 0 Å². The van der Waals surface area contributed by atoms with Gasteiger partial charge in [-0.1, -0.05) is 38.9 Å². The van der Waals surface area contributed by atoms with Crippen LogP contribution in [0.3, 0.4) is 0 Å². The van der Waals surface area contributed by atoms with Crippen LogP contribution in [0.1, 0.15) is 10.6 Å². The van der Waals surface area contributed by atoms with Gasteiger partial charge in [0.1, 0.15) is 10.0 Å². The number of aryl methyl sites for hydroxylation is 1. The predicted octanol–water partition coefficient (Wildman–Crippen LogP) is 4.01. The van der Waals surface area contributed by atoms with E-state index in [1.54, 1.807) is 0 Å². The van der Waals surface area contributed by atoms with Gasteiger partial charge in [-0.2, -0.15) is 0 Å². The van der Waals surface area contributed by atoms with Gasteiger partial charge in [-0.25, -0.2) is 0 Å². The van der Waals surface area contributed by atoms with Gasteiger partial charge < -0.3 is 0 Å². The number of hydrogen-bond acceptors (Lipinski definition) is 3. The van der Waals surface area contributed by atoms with Crippen LogP contribution < -0.4 is 0 Å². The summed E-state index contributed by atoms with van der Waals surface area (Å²) >= 11 is 10.7. The maximum atomic E-state index is 5.69. The number of rotatable bonds is 2. The van der Waals surface area contributed by atoms with Crippen LogP contribution in [-0.4, -0.2) is 10.2 Å². The molecule has 15 heavy (non-hydrogen) atoms. The van der Waals surface area contributed by atoms with Crippen LogP contribution in [0.5, 0.6) is 0 Å². The lowest BCUT2D eigenvalue weighted by Gasteiger charge is -2.00. The fourth-order valence-corrected chi connectivity index (χ4v) is 2.72. The van der Waals surface area contributed by atoms with Crippen molar-refractivity contribution in [1.82, 2.24) is 10.2 Å². The lowest BCUT2D eigenvalue weighted by Crippen LogP contribution is -1.81. The fraction of sp³-hybridized carbons (Fsp3) is 0.200. The number of aromatic nitrogens is 2. The van der Waals surface area contributed by atoms with Gasteiger partial charge in [-0.05, 0) is 19.1 Å². The molecule has 0 aliphatic heterocycles. The van der Waals surface area contributed by atoms with Gasteiger partial charge in [-0.15, -0.1) is 21.8 Å². The highest BCUT2D eigenvalue weighted by Gasteiger charge is 2.09. The van der Waals surface area contributed by atoms with Crippen molar-refractivity contribution < 1.29 is 0 Å². The number of benzene rings is 1. The molecular weight excluding hydrogens is 296 g/mol. The molecule has 0 N–H and O–H groups in total. The molecule has 0 spiro atoms. The molecule has 1 aromatic carbocycles. The maximum Gasteiger partial charge on any atom is 0.148 e. The zero-order valence-corrected chi connectivity index (χ0v) is 11.2. The summed E-state index contributed by atoms with van der Waals surface area (Å²) in [6, 6.07) is 6.16. The van der Waals surface area contributed by atoms with Crippen molar-refractivity contribution in [2.24, 2.45) is 0 Å². The van der Waals surface area contributed by atoms with E-state index in [0.717, 1.165) is 20.1 Å². The van der Waals surface area contributed by atoms with Crippen molar-refractivity contribution in [2.75, 3.05) is 0 Å². The number of hydrogen-bond donors (Lipinski definition) is 0. The van der Waals surface area contributed by atoms with Crippen LogP contribution in [-0.2, 0) is 5.88 Å². The topological polar surface area (TPSA) is 25.8 Å². The van der Waals surface area contributed by atoms with E-state index in [1.807, 2.05) is 6.07 Å². The van der Waals surface area contributed by atoms with Crippen molar-refractivity contribution in [3.8, 4) is 10.6 Å². The summed E-state index contributed by atoms with van der Waals surface area (Å²) < 4.78 is 1.03. The van der Waals surface area contributed by atoms with Crippen LogP contribution >= 0.6 is 38.9 Å². The van der Waals surface area contributed by atoms with Crippen LogP contribution in [0, 0.1) is 6.92 Å². The molecule has 1 heterocycles. The second kappa shape index (κ2) is 4.60. The smallest absolute Gasteiger partial charge is 0.142 e. The van der Waals surface area contributed by atoms with Gasteiger partial charge in [0.05, 0.1) is 5.88 Å². The molecular formula is C10H8BrClN2S. The van der Waals surface area contributed by atoms with Crippen molar-refractivity contribution in [1.29, 1.82) is 0 Å². The second-order valence-electron chi connectivity index (χ2n) is 3.12. The highest BCUT2D eigenvalue weighted by molar-refractivity contribution is 9.10. The Kier molecular flexibility index (Phi) is 3.38. The van der Waals surface area contributed by atoms with Crippen molar-refractivity contribution >= 4 is 38.9 Å². The first-order valence-electron chi connectivity index (χ1n) is 4.35. The Labute approximate surface area is 105 Å². The Morgan fingerprint density at radius 1 is 1.40 bits per heavy atom. The lowest BCUT2D eigenvalue weighted by atomic mass is 10.1. The Balaban J connectivity index is 2.48. The molecule has 0 atom stereocenters. The van der Waals surface area contributed by atoms with Gasteiger partial charge in [0.2, 0.25) is 0 Å². The summed E-state index contributed by atoms with van der Waals surface area (Å²) in [6.07, 6.45) is 0. The molecule has 5 heteroatoms. The Hall–Kier alpha value is -0.450. The van der Waals surface area contributed by atoms with E-state index in [4.69, 9.17) is 11.6 Å². The summed E-state index contributed by atoms with van der Waals surface area (Å²) in [5.74, 6) is 0.418. The summed E-state index contributed by atoms with van der Waals surface area (Å²) in [7, 11) is 0. The summed E-state index contributed by atoms with van der Waals surface area (Å²) in [5.41, 5.74) is 2.28. The molecule has 1 aromatic heterocycles. The van der Waals surface area contributed by atoms with E-state index in [-0.39, 0.29) is 0 Å². The normalized spacial score (nSPS) is 10.6. The van der Waals surface area contributed by atoms with Gasteiger partial charge >= 0.3 is 0 Å². The van der Waals surface area contributed by atoms with Gasteiger partial charge in [0.25, 0.3) is 0 Å². The first kappa shape index (κ1) is 11.0. The molecule has 0 unspecified atom stereocenters. The van der Waals surface area contributed by atoms with E-state index in [9.17, 15) is 0 Å². The SMILES string of the molecule is Cc1ccc(Br)c(-c2nnc(CCl)s2)c1. The number of nitrogens with zero attached hydrogens (tertiary/aromatic N) is 2. The Bertz CT molecular complexity index is 484. The van der Waals surface area contributed by atoms with E-state index >= 15 is 0 Å². The molecule has 0 aliphatic rings. The second-order valence-corrected chi connectivity index (χ2v) is 5.30. The molecule has 0 aliphatic carbocycles. The molecule has 2 nitrogen and oxygen atoms in total. The van der Waals surface area contributed by atoms with E-state index in [2.05, 4.69) is 45.2 Å². The third kappa shape index (κ3) is 2.38. The monoisotopic (exact) mass is 302 g/mol. The highest BCUT2D eigenvalue weighted by Crippen LogP contribution is 2.31. The summed E-state index contributed by atoms with van der Waals surface area (Å²) in [6.45, 7) is 2.05. The zero-order chi connectivity index (χ0) is 10.8. The molecule has 2 aromatic rings. The highest BCUT2D eigenvalue weighted by atomic mass is 79.9. The van der Waals surface area contributed by atoms with Crippen LogP contribution in [0.15, 0.2) is 22.7 Å². The van der Waals surface area contributed by atoms with E-state index < -0.39 is 0 Å². The quantitative estimate of drug-likeness (QED) is 0.783. The molecule has 78 valence electrons. The van der Waals surface area contributed by atoms with Gasteiger partial charge in [0, 0.05) is 10.0 Å². The minimum atomic E-state index is 0.418. The lowest BCUT2D eigenvalue weighted by molar-refractivity contribution is 1.04. The third-order valence-electron chi connectivity index (χ3n) is 1.93. The standard InChI is InChI=1S/C10H8BrClN2S/c1-6-2-3-8(11)7(4-6)10-14-13-9(5-12)15-10/h2-4H,5H2,1H3. The van der Waals surface area contributed by atoms with E-state index in [1.165, 1.54) is 16.9 Å². The molecule has 0 saturated carbocycles. The molecule has 0 radical (unpaired) electrons. The maximum absolute atomic E-state index is 5.69. The van der Waals surface area contributed by atoms with Gasteiger partial charge in [0.15, 0.2) is 0 Å². The van der Waals surface area contributed by atoms with Crippen LogP contribution in [0.4, 0.5) is 0 Å². The van der Waals surface area contributed by atoms with Crippen molar-refractivity contribution in [3.63, 3.8) is 0 Å². The molecule has 0 fully saturated rings. The third-order valence-corrected chi connectivity index (χ3v) is 3.99. The van der Waals surface area contributed by atoms with Crippen molar-refractivity contribution in [2.45, 2.75) is 12.8 Å². The molecule has 0 saturated heterocycles. The fourth-order valence-electron chi connectivity index (χ4n) is 1.22. The van der Waals surface area contributed by atoms with E-state index in [0.29, 0.717) is 5.88 Å². The first-order chi connectivity index (χ1) is 7.20. The molecule has 0 bridgehead atoms. The Morgan fingerprint density at radius 3 is 2.87 bits per heavy atom. The Morgan fingerprint density at radius 2 is 2.20 bits per heavy atom. The van der Waals surface area contributed by atoms with Crippen LogP contribution in [0.25, 0.3) is 10.6 Å². The number of alkyl halides is 1. The van der Waals surface area contributed by atoms with Crippen molar-refractivity contribution in [3.05, 3.63) is 33.2 Å². The predicted molar refractivity (Wildman–Crippen MR) is 67.3 cm³/mol. The number of halogens is 2. The summed E-state index contributed by atoms with van der Waals surface area (Å²) in [4.78, 5) is 0. The molecule has 2 rings (SSSR count). The average molecular weight is 304 g/mol. The zero-order valence-electron chi connectivity index (χ0n) is 8.00. The minimum absolute atomic E-state index is 0.418. The average Bonchev–Trinajstić information content (AvgIpc) is 2.70. The minimum Gasteiger partial charge on any atom is -0.142 e. The summed E-state index contributed by atoms with van der Waals surface area (Å²) in [5, 5.41) is 9.86. The first-order valence-corrected chi connectivity index (χ1v) is 6.50. The van der Waals surface area contributed by atoms with Gasteiger partial charge in [-0.3, -0.25) is 0 Å².